The van der Waals surface area contributed by atoms with Gasteiger partial charge in [0.05, 0.1) is 37.7 Å². The van der Waals surface area contributed by atoms with E-state index in [1.54, 1.807) is 18.2 Å². The Morgan fingerprint density at radius 2 is 1.91 bits per heavy atom. The van der Waals surface area contributed by atoms with Gasteiger partial charge in [0.1, 0.15) is 18.7 Å². The van der Waals surface area contributed by atoms with E-state index in [1.807, 2.05) is 9.80 Å². The van der Waals surface area contributed by atoms with Gasteiger partial charge in [0, 0.05) is 45.3 Å². The lowest BCUT2D eigenvalue weighted by Gasteiger charge is -2.37. The zero-order valence-corrected chi connectivity index (χ0v) is 19.3. The number of cyclic esters (lactones) is 1. The first-order valence-corrected chi connectivity index (χ1v) is 11.7. The second-order valence-corrected chi connectivity index (χ2v) is 8.66. The number of hydrogen-bond donors (Lipinski definition) is 0. The summed E-state index contributed by atoms with van der Waals surface area (Å²) in [5.41, 5.74) is 0.868. The molecule has 12 heteroatoms. The molecule has 1 unspecified atom stereocenters. The maximum absolute atomic E-state index is 15.0. The van der Waals surface area contributed by atoms with Crippen LogP contribution in [0.5, 0.6) is 5.88 Å². The molecule has 11 nitrogen and oxygen atoms in total. The SMILES string of the molecule is O=C(CN1CCOCC1)N1CCN(c2ccc(N3CC(COc4ccon4)OC3=O)cc2F)CC1. The first-order valence-electron chi connectivity index (χ1n) is 11.7. The highest BCUT2D eigenvalue weighted by Crippen LogP contribution is 2.29. The van der Waals surface area contributed by atoms with Crippen LogP contribution in [0.3, 0.4) is 0 Å². The molecule has 3 aliphatic rings. The van der Waals surface area contributed by atoms with Crippen LogP contribution in [0, 0.1) is 5.82 Å². The third kappa shape index (κ3) is 5.49. The molecule has 3 aliphatic heterocycles. The smallest absolute Gasteiger partial charge is 0.414 e. The summed E-state index contributed by atoms with van der Waals surface area (Å²) in [5, 5.41) is 3.65. The Morgan fingerprint density at radius 3 is 2.63 bits per heavy atom. The van der Waals surface area contributed by atoms with E-state index in [2.05, 4.69) is 10.1 Å². The summed E-state index contributed by atoms with van der Waals surface area (Å²) < 4.78 is 35.8. The second kappa shape index (κ2) is 10.5. The van der Waals surface area contributed by atoms with Crippen LogP contribution in [0.1, 0.15) is 0 Å². The second-order valence-electron chi connectivity index (χ2n) is 8.66. The van der Waals surface area contributed by atoms with Crippen molar-refractivity contribution in [3.63, 3.8) is 0 Å². The molecule has 1 aromatic heterocycles. The number of carbonyl (C=O) groups is 2. The minimum Gasteiger partial charge on any atom is -0.471 e. The summed E-state index contributed by atoms with van der Waals surface area (Å²) >= 11 is 0. The van der Waals surface area contributed by atoms with Gasteiger partial charge in [0.25, 0.3) is 5.88 Å². The Kier molecular flexibility index (Phi) is 7.00. The van der Waals surface area contributed by atoms with Crippen molar-refractivity contribution < 1.29 is 32.7 Å². The van der Waals surface area contributed by atoms with Crippen LogP contribution in [-0.2, 0) is 14.3 Å². The van der Waals surface area contributed by atoms with Crippen molar-refractivity contribution in [2.75, 3.05) is 82.0 Å². The first-order chi connectivity index (χ1) is 17.1. The van der Waals surface area contributed by atoms with Gasteiger partial charge in [-0.3, -0.25) is 14.6 Å². The lowest BCUT2D eigenvalue weighted by Crippen LogP contribution is -2.52. The van der Waals surface area contributed by atoms with Crippen molar-refractivity contribution >= 4 is 23.4 Å². The number of amides is 2. The van der Waals surface area contributed by atoms with Gasteiger partial charge in [-0.2, -0.15) is 0 Å². The van der Waals surface area contributed by atoms with E-state index in [9.17, 15) is 9.59 Å². The summed E-state index contributed by atoms with van der Waals surface area (Å²) in [6.45, 7) is 5.74. The standard InChI is InChI=1S/C23H28FN5O6/c24-19-13-17(29-14-18(35-23(29)31)16-33-21-3-10-34-25-21)1-2-20(19)27-4-6-28(7-5-27)22(30)15-26-8-11-32-12-9-26/h1-3,10,13,18H,4-9,11-12,14-16H2. The van der Waals surface area contributed by atoms with Crippen LogP contribution in [0.25, 0.3) is 0 Å². The van der Waals surface area contributed by atoms with E-state index in [0.717, 1.165) is 13.1 Å². The number of piperazine rings is 1. The van der Waals surface area contributed by atoms with Gasteiger partial charge in [-0.15, -0.1) is 0 Å². The number of anilines is 2. The average molecular weight is 490 g/mol. The van der Waals surface area contributed by atoms with Crippen molar-refractivity contribution in [1.82, 2.24) is 15.0 Å². The Hall–Kier alpha value is -3.38. The van der Waals surface area contributed by atoms with Gasteiger partial charge in [-0.05, 0) is 23.4 Å². The van der Waals surface area contributed by atoms with E-state index >= 15 is 4.39 Å². The normalized spacial score (nSPS) is 21.3. The molecule has 2 aromatic rings. The fraction of sp³-hybridized carbons (Fsp3) is 0.522. The molecule has 0 aliphatic carbocycles. The summed E-state index contributed by atoms with van der Waals surface area (Å²) in [6, 6.07) is 6.27. The first kappa shape index (κ1) is 23.4. The van der Waals surface area contributed by atoms with Crippen LogP contribution in [0.15, 0.2) is 35.1 Å². The third-order valence-corrected chi connectivity index (χ3v) is 6.38. The van der Waals surface area contributed by atoms with E-state index in [4.69, 9.17) is 18.7 Å². The van der Waals surface area contributed by atoms with Gasteiger partial charge in [-0.25, -0.2) is 9.18 Å². The van der Waals surface area contributed by atoms with Crippen LogP contribution in [0.4, 0.5) is 20.6 Å². The van der Waals surface area contributed by atoms with E-state index in [0.29, 0.717) is 63.2 Å². The monoisotopic (exact) mass is 489 g/mol. The molecule has 0 saturated carbocycles. The number of rotatable bonds is 7. The minimum absolute atomic E-state index is 0.0944. The Balaban J connectivity index is 1.14. The highest BCUT2D eigenvalue weighted by atomic mass is 19.1. The maximum Gasteiger partial charge on any atom is 0.414 e. The molecule has 0 spiro atoms. The predicted octanol–water partition coefficient (Wildman–Crippen LogP) is 1.20. The number of benzene rings is 1. The van der Waals surface area contributed by atoms with Crippen molar-refractivity contribution in [1.29, 1.82) is 0 Å². The Labute approximate surface area is 201 Å². The van der Waals surface area contributed by atoms with E-state index < -0.39 is 18.0 Å². The molecule has 4 heterocycles. The predicted molar refractivity (Wildman–Crippen MR) is 122 cm³/mol. The zero-order valence-electron chi connectivity index (χ0n) is 19.3. The Morgan fingerprint density at radius 1 is 1.11 bits per heavy atom. The average Bonchev–Trinajstić information content (AvgIpc) is 3.53. The molecule has 35 heavy (non-hydrogen) atoms. The van der Waals surface area contributed by atoms with Crippen LogP contribution >= 0.6 is 0 Å². The van der Waals surface area contributed by atoms with Crippen LogP contribution < -0.4 is 14.5 Å². The largest absolute Gasteiger partial charge is 0.471 e. The molecule has 3 saturated heterocycles. The van der Waals surface area contributed by atoms with Gasteiger partial charge in [0.15, 0.2) is 6.10 Å². The summed E-state index contributed by atoms with van der Waals surface area (Å²) in [5.74, 6) is -0.0273. The van der Waals surface area contributed by atoms with Crippen molar-refractivity contribution in [3.8, 4) is 5.88 Å². The van der Waals surface area contributed by atoms with Crippen LogP contribution in [0.2, 0.25) is 0 Å². The van der Waals surface area contributed by atoms with Crippen molar-refractivity contribution in [2.24, 2.45) is 0 Å². The molecule has 0 radical (unpaired) electrons. The quantitative estimate of drug-likeness (QED) is 0.568. The molecule has 1 aromatic carbocycles. The van der Waals surface area contributed by atoms with Crippen molar-refractivity contribution in [3.05, 3.63) is 36.3 Å². The topological polar surface area (TPSA) is 101 Å². The number of morpholine rings is 1. The lowest BCUT2D eigenvalue weighted by molar-refractivity contribution is -0.133. The Bertz CT molecular complexity index is 1020. The molecular formula is C23H28FN5O6. The summed E-state index contributed by atoms with van der Waals surface area (Å²) in [4.78, 5) is 32.2. The molecule has 1 atom stereocenters. The van der Waals surface area contributed by atoms with Crippen molar-refractivity contribution in [2.45, 2.75) is 6.10 Å². The van der Waals surface area contributed by atoms with Gasteiger partial charge in [-0.1, -0.05) is 0 Å². The minimum atomic E-state index is -0.557. The molecule has 5 rings (SSSR count). The fourth-order valence-corrected chi connectivity index (χ4v) is 4.44. The molecule has 188 valence electrons. The maximum atomic E-state index is 15.0. The van der Waals surface area contributed by atoms with E-state index in [1.165, 1.54) is 17.2 Å². The molecule has 3 fully saturated rings. The molecule has 0 N–H and O–H groups in total. The highest BCUT2D eigenvalue weighted by Gasteiger charge is 2.34. The number of aromatic nitrogens is 1. The van der Waals surface area contributed by atoms with Gasteiger partial charge in [0.2, 0.25) is 5.91 Å². The van der Waals surface area contributed by atoms with Gasteiger partial charge < -0.3 is 28.5 Å². The summed E-state index contributed by atoms with van der Waals surface area (Å²) in [6.07, 6.45) is 0.318. The zero-order chi connectivity index (χ0) is 24.2. The summed E-state index contributed by atoms with van der Waals surface area (Å²) in [7, 11) is 0. The molecule has 2 amide bonds. The highest BCUT2D eigenvalue weighted by molar-refractivity contribution is 5.90. The third-order valence-electron chi connectivity index (χ3n) is 6.38. The number of ether oxygens (including phenoxy) is 3. The number of hydrogen-bond acceptors (Lipinski definition) is 9. The van der Waals surface area contributed by atoms with E-state index in [-0.39, 0.29) is 19.1 Å². The fourth-order valence-electron chi connectivity index (χ4n) is 4.44. The number of halogens is 1. The number of nitrogens with zero attached hydrogens (tertiary/aromatic N) is 5. The molecule has 0 bridgehead atoms. The lowest BCUT2D eigenvalue weighted by atomic mass is 10.2. The van der Waals surface area contributed by atoms with Crippen LogP contribution in [-0.4, -0.2) is 105 Å². The van der Waals surface area contributed by atoms with Gasteiger partial charge >= 0.3 is 6.09 Å². The molecular weight excluding hydrogens is 461 g/mol. The number of carbonyl (C=O) groups excluding carboxylic acids is 2.